The Labute approximate surface area is 145 Å². The van der Waals surface area contributed by atoms with E-state index < -0.39 is 0 Å². The molecule has 0 atom stereocenters. The lowest BCUT2D eigenvalue weighted by Gasteiger charge is -2.08. The molecule has 1 aliphatic rings. The fraction of sp³-hybridized carbons (Fsp3) is 0.200. The van der Waals surface area contributed by atoms with Crippen LogP contribution in [0.1, 0.15) is 18.4 Å². The van der Waals surface area contributed by atoms with Crippen molar-refractivity contribution in [3.63, 3.8) is 0 Å². The average Bonchev–Trinajstić information content (AvgIpc) is 3.37. The quantitative estimate of drug-likeness (QED) is 0.674. The number of carbonyl (C=O) groups is 1. The molecule has 4 rings (SSSR count). The number of hydrogen-bond donors (Lipinski definition) is 3. The molecule has 5 nitrogen and oxygen atoms in total. The number of carbonyl (C=O) groups excluding carboxylic acids is 1. The summed E-state index contributed by atoms with van der Waals surface area (Å²) in [6.07, 6.45) is 3.69. The summed E-state index contributed by atoms with van der Waals surface area (Å²) in [5, 5.41) is 15.7. The molecule has 3 N–H and O–H groups in total. The first kappa shape index (κ1) is 15.3. The summed E-state index contributed by atoms with van der Waals surface area (Å²) in [5.41, 5.74) is 4.71. The number of nitrogens with one attached hydrogen (secondary N) is 3. The molecule has 0 bridgehead atoms. The van der Waals surface area contributed by atoms with E-state index in [-0.39, 0.29) is 11.4 Å². The Morgan fingerprint density at radius 3 is 2.52 bits per heavy atom. The van der Waals surface area contributed by atoms with Crippen molar-refractivity contribution in [1.82, 2.24) is 10.3 Å². The van der Waals surface area contributed by atoms with Gasteiger partial charge in [0.1, 0.15) is 0 Å². The summed E-state index contributed by atoms with van der Waals surface area (Å²) in [4.78, 5) is 14.7. The van der Waals surface area contributed by atoms with E-state index in [0.29, 0.717) is 0 Å². The van der Waals surface area contributed by atoms with E-state index in [9.17, 15) is 10.1 Å². The van der Waals surface area contributed by atoms with Crippen LogP contribution in [0.3, 0.4) is 0 Å². The maximum Gasteiger partial charge on any atom is 0.319 e. The molecule has 0 saturated heterocycles. The number of rotatable bonds is 3. The third-order valence-electron chi connectivity index (χ3n) is 4.89. The number of urea groups is 1. The minimum atomic E-state index is -0.256. The zero-order valence-electron chi connectivity index (χ0n) is 13.9. The molecule has 5 heteroatoms. The number of nitriles is 1. The Bertz CT molecular complexity index is 991. The molecule has 0 spiro atoms. The molecule has 124 valence electrons. The maximum absolute atomic E-state index is 11.6. The molecule has 2 amide bonds. The maximum atomic E-state index is 11.6. The van der Waals surface area contributed by atoms with Gasteiger partial charge in [-0.2, -0.15) is 5.26 Å². The van der Waals surface area contributed by atoms with Crippen molar-refractivity contribution in [2.45, 2.75) is 18.3 Å². The zero-order chi connectivity index (χ0) is 17.4. The number of H-pyrrole nitrogens is 1. The van der Waals surface area contributed by atoms with Crippen LogP contribution in [0.2, 0.25) is 0 Å². The fourth-order valence-corrected chi connectivity index (χ4v) is 3.16. The van der Waals surface area contributed by atoms with Crippen LogP contribution >= 0.6 is 0 Å². The molecule has 0 unspecified atom stereocenters. The van der Waals surface area contributed by atoms with E-state index in [1.54, 1.807) is 13.2 Å². The van der Waals surface area contributed by atoms with Gasteiger partial charge in [-0.15, -0.1) is 0 Å². The Kier molecular flexibility index (Phi) is 3.47. The van der Waals surface area contributed by atoms with Crippen molar-refractivity contribution < 1.29 is 4.79 Å². The second-order valence-corrected chi connectivity index (χ2v) is 6.44. The third-order valence-corrected chi connectivity index (χ3v) is 4.89. The van der Waals surface area contributed by atoms with Gasteiger partial charge in [0.2, 0.25) is 0 Å². The summed E-state index contributed by atoms with van der Waals surface area (Å²) >= 11 is 0. The van der Waals surface area contributed by atoms with Gasteiger partial charge in [0.05, 0.1) is 17.2 Å². The molecule has 1 heterocycles. The minimum Gasteiger partial charge on any atom is -0.359 e. The smallest absolute Gasteiger partial charge is 0.319 e. The Hall–Kier alpha value is -3.26. The number of hydrogen-bond acceptors (Lipinski definition) is 2. The van der Waals surface area contributed by atoms with Gasteiger partial charge in [0, 0.05) is 24.1 Å². The van der Waals surface area contributed by atoms with E-state index in [4.69, 9.17) is 0 Å². The standard InChI is InChI=1S/C20H18N4O/c1-22-19(25)24-18-11-23-17-7-4-14(10-16(17)18)13-2-5-15(6-3-13)20(12-21)8-9-20/h2-7,10-11,23H,8-9H2,1H3,(H2,22,24,25). The number of fused-ring (bicyclic) bond motifs is 1. The molecule has 25 heavy (non-hydrogen) atoms. The lowest BCUT2D eigenvalue weighted by Crippen LogP contribution is -2.24. The van der Waals surface area contributed by atoms with Crippen LogP contribution in [0.4, 0.5) is 10.5 Å². The highest BCUT2D eigenvalue weighted by Crippen LogP contribution is 2.47. The lowest BCUT2D eigenvalue weighted by molar-refractivity contribution is 0.254. The van der Waals surface area contributed by atoms with E-state index in [2.05, 4.69) is 58.1 Å². The van der Waals surface area contributed by atoms with Crippen LogP contribution in [0.25, 0.3) is 22.0 Å². The van der Waals surface area contributed by atoms with Gasteiger partial charge >= 0.3 is 6.03 Å². The Morgan fingerprint density at radius 2 is 1.88 bits per heavy atom. The van der Waals surface area contributed by atoms with Crippen molar-refractivity contribution >= 4 is 22.6 Å². The fourth-order valence-electron chi connectivity index (χ4n) is 3.16. The molecule has 1 aliphatic carbocycles. The van der Waals surface area contributed by atoms with Crippen LogP contribution in [0, 0.1) is 11.3 Å². The normalized spacial score (nSPS) is 14.7. The highest BCUT2D eigenvalue weighted by atomic mass is 16.2. The number of benzene rings is 2. The summed E-state index contributed by atoms with van der Waals surface area (Å²) < 4.78 is 0. The molecule has 1 saturated carbocycles. The first-order valence-electron chi connectivity index (χ1n) is 8.27. The van der Waals surface area contributed by atoms with E-state index >= 15 is 0 Å². The van der Waals surface area contributed by atoms with Crippen molar-refractivity contribution in [2.75, 3.05) is 12.4 Å². The van der Waals surface area contributed by atoms with Crippen molar-refractivity contribution in [3.8, 4) is 17.2 Å². The zero-order valence-corrected chi connectivity index (χ0v) is 13.9. The third kappa shape index (κ3) is 2.62. The SMILES string of the molecule is CNC(=O)Nc1c[nH]c2ccc(-c3ccc(C4(C#N)CC4)cc3)cc12. The molecular weight excluding hydrogens is 312 g/mol. The highest BCUT2D eigenvalue weighted by Gasteiger charge is 2.44. The lowest BCUT2D eigenvalue weighted by atomic mass is 9.95. The van der Waals surface area contributed by atoms with Crippen LogP contribution < -0.4 is 10.6 Å². The minimum absolute atomic E-state index is 0.248. The number of amides is 2. The van der Waals surface area contributed by atoms with Crippen molar-refractivity contribution in [3.05, 3.63) is 54.2 Å². The molecular formula is C20H18N4O. The Morgan fingerprint density at radius 1 is 1.16 bits per heavy atom. The Balaban J connectivity index is 1.68. The van der Waals surface area contributed by atoms with Gasteiger partial charge < -0.3 is 15.6 Å². The van der Waals surface area contributed by atoms with Crippen LogP contribution in [-0.4, -0.2) is 18.1 Å². The van der Waals surface area contributed by atoms with Crippen molar-refractivity contribution in [1.29, 1.82) is 5.26 Å². The van der Waals surface area contributed by atoms with Gasteiger partial charge in [0.15, 0.2) is 0 Å². The number of anilines is 1. The monoisotopic (exact) mass is 330 g/mol. The van der Waals surface area contributed by atoms with E-state index in [0.717, 1.165) is 46.1 Å². The van der Waals surface area contributed by atoms with Gasteiger partial charge in [-0.1, -0.05) is 30.3 Å². The molecule has 2 aromatic carbocycles. The largest absolute Gasteiger partial charge is 0.359 e. The average molecular weight is 330 g/mol. The van der Waals surface area contributed by atoms with Crippen LogP contribution in [0.5, 0.6) is 0 Å². The molecule has 1 aromatic heterocycles. The van der Waals surface area contributed by atoms with Crippen LogP contribution in [0.15, 0.2) is 48.7 Å². The second kappa shape index (κ2) is 5.67. The number of nitrogens with zero attached hydrogens (tertiary/aromatic N) is 1. The number of aromatic amines is 1. The second-order valence-electron chi connectivity index (χ2n) is 6.44. The summed E-state index contributed by atoms with van der Waals surface area (Å²) in [7, 11) is 1.59. The predicted octanol–water partition coefficient (Wildman–Crippen LogP) is 4.14. The van der Waals surface area contributed by atoms with Gasteiger partial charge in [-0.3, -0.25) is 0 Å². The first-order valence-corrected chi connectivity index (χ1v) is 8.27. The van der Waals surface area contributed by atoms with Gasteiger partial charge in [-0.25, -0.2) is 4.79 Å². The predicted molar refractivity (Wildman–Crippen MR) is 98.3 cm³/mol. The highest BCUT2D eigenvalue weighted by molar-refractivity contribution is 6.02. The first-order chi connectivity index (χ1) is 12.1. The van der Waals surface area contributed by atoms with E-state index in [1.165, 1.54) is 0 Å². The summed E-state index contributed by atoms with van der Waals surface area (Å²) in [6, 6.07) is 16.5. The van der Waals surface area contributed by atoms with Gasteiger partial charge in [-0.05, 0) is 41.7 Å². The van der Waals surface area contributed by atoms with E-state index in [1.807, 2.05) is 6.07 Å². The van der Waals surface area contributed by atoms with Gasteiger partial charge in [0.25, 0.3) is 0 Å². The molecule has 1 fully saturated rings. The molecule has 0 aliphatic heterocycles. The van der Waals surface area contributed by atoms with Crippen molar-refractivity contribution in [2.24, 2.45) is 0 Å². The molecule has 0 radical (unpaired) electrons. The topological polar surface area (TPSA) is 80.7 Å². The van der Waals surface area contributed by atoms with Crippen LogP contribution in [-0.2, 0) is 5.41 Å². The summed E-state index contributed by atoms with van der Waals surface area (Å²) in [5.74, 6) is 0. The summed E-state index contributed by atoms with van der Waals surface area (Å²) in [6.45, 7) is 0. The number of aromatic nitrogens is 1. The molecule has 3 aromatic rings.